The van der Waals surface area contributed by atoms with Crippen molar-refractivity contribution in [1.29, 1.82) is 0 Å². The summed E-state index contributed by atoms with van der Waals surface area (Å²) in [5, 5.41) is 9.87. The minimum Gasteiger partial charge on any atom is -0.507 e. The molecule has 6 nitrogen and oxygen atoms in total. The lowest BCUT2D eigenvalue weighted by Gasteiger charge is -2.39. The molecule has 0 aromatic heterocycles. The lowest BCUT2D eigenvalue weighted by Crippen LogP contribution is -2.51. The maximum atomic E-state index is 12.8. The fourth-order valence-corrected chi connectivity index (χ4v) is 4.17. The summed E-state index contributed by atoms with van der Waals surface area (Å²) in [4.78, 5) is 28.9. The fourth-order valence-electron chi connectivity index (χ4n) is 4.17. The molecule has 0 bridgehead atoms. The van der Waals surface area contributed by atoms with Gasteiger partial charge in [-0.05, 0) is 36.9 Å². The highest BCUT2D eigenvalue weighted by atomic mass is 16.3. The Balaban J connectivity index is 1.55. The monoisotopic (exact) mass is 359 g/mol. The molecule has 0 spiro atoms. The molecule has 3 rings (SSSR count). The van der Waals surface area contributed by atoms with Crippen LogP contribution in [-0.4, -0.2) is 59.4 Å². The number of carbonyl (C=O) groups is 2. The lowest BCUT2D eigenvalue weighted by atomic mass is 9.71. The molecule has 1 heterocycles. The van der Waals surface area contributed by atoms with Crippen LogP contribution in [0.5, 0.6) is 5.75 Å². The molecule has 142 valence electrons. The standard InChI is InChI=1S/C20H29N3O3/c21-15-20(8-4-1-5-9-20)14-18(25)22-10-12-23(13-11-22)19(26)16-6-2-3-7-17(16)24/h2-3,6-7,24H,1,4-5,8-15,21H2. The van der Waals surface area contributed by atoms with Gasteiger partial charge in [-0.2, -0.15) is 0 Å². The third-order valence-corrected chi connectivity index (χ3v) is 5.93. The van der Waals surface area contributed by atoms with E-state index in [1.807, 2.05) is 4.90 Å². The van der Waals surface area contributed by atoms with Crippen LogP contribution in [0.4, 0.5) is 0 Å². The highest BCUT2D eigenvalue weighted by molar-refractivity contribution is 5.97. The average Bonchev–Trinajstić information content (AvgIpc) is 2.68. The van der Waals surface area contributed by atoms with E-state index >= 15 is 0 Å². The van der Waals surface area contributed by atoms with Crippen LogP contribution in [0.15, 0.2) is 24.3 Å². The normalized spacial score (nSPS) is 20.0. The molecule has 1 saturated heterocycles. The van der Waals surface area contributed by atoms with E-state index in [2.05, 4.69) is 0 Å². The van der Waals surface area contributed by atoms with Crippen LogP contribution in [0, 0.1) is 5.41 Å². The first-order chi connectivity index (χ1) is 12.5. The largest absolute Gasteiger partial charge is 0.507 e. The fraction of sp³-hybridized carbons (Fsp3) is 0.600. The van der Waals surface area contributed by atoms with Gasteiger partial charge in [-0.25, -0.2) is 0 Å². The van der Waals surface area contributed by atoms with Crippen LogP contribution in [0.3, 0.4) is 0 Å². The Kier molecular flexibility index (Phi) is 5.81. The maximum absolute atomic E-state index is 12.8. The molecule has 1 aromatic carbocycles. The van der Waals surface area contributed by atoms with Gasteiger partial charge >= 0.3 is 0 Å². The van der Waals surface area contributed by atoms with Gasteiger partial charge in [0, 0.05) is 32.6 Å². The first kappa shape index (κ1) is 18.7. The van der Waals surface area contributed by atoms with Crippen molar-refractivity contribution in [3.8, 4) is 5.75 Å². The van der Waals surface area contributed by atoms with Crippen molar-refractivity contribution in [2.24, 2.45) is 11.1 Å². The van der Waals surface area contributed by atoms with E-state index in [1.165, 1.54) is 12.5 Å². The Hall–Kier alpha value is -2.08. The number of hydrogen-bond donors (Lipinski definition) is 2. The van der Waals surface area contributed by atoms with E-state index in [0.717, 1.165) is 25.7 Å². The topological polar surface area (TPSA) is 86.9 Å². The van der Waals surface area contributed by atoms with Gasteiger partial charge in [0.05, 0.1) is 5.56 Å². The zero-order valence-electron chi connectivity index (χ0n) is 15.3. The smallest absolute Gasteiger partial charge is 0.257 e. The number of phenols is 1. The Morgan fingerprint density at radius 2 is 1.62 bits per heavy atom. The van der Waals surface area contributed by atoms with Crippen LogP contribution in [0.1, 0.15) is 48.9 Å². The number of rotatable bonds is 4. The molecule has 6 heteroatoms. The SMILES string of the molecule is NCC1(CC(=O)N2CCN(C(=O)c3ccccc3O)CC2)CCCCC1. The van der Waals surface area contributed by atoms with E-state index in [4.69, 9.17) is 5.73 Å². The average molecular weight is 359 g/mol. The van der Waals surface area contributed by atoms with E-state index in [0.29, 0.717) is 44.7 Å². The molecular formula is C20H29N3O3. The number of nitrogens with two attached hydrogens (primary N) is 1. The molecule has 26 heavy (non-hydrogen) atoms. The Labute approximate surface area is 155 Å². The summed E-state index contributed by atoms with van der Waals surface area (Å²) in [6.45, 7) is 2.64. The van der Waals surface area contributed by atoms with Gasteiger partial charge in [-0.15, -0.1) is 0 Å². The van der Waals surface area contributed by atoms with Crippen molar-refractivity contribution < 1.29 is 14.7 Å². The van der Waals surface area contributed by atoms with Crippen molar-refractivity contribution in [3.05, 3.63) is 29.8 Å². The number of benzene rings is 1. The van der Waals surface area contributed by atoms with Gasteiger partial charge in [0.1, 0.15) is 5.75 Å². The summed E-state index contributed by atoms with van der Waals surface area (Å²) in [7, 11) is 0. The number of amides is 2. The van der Waals surface area contributed by atoms with Gasteiger partial charge in [0.2, 0.25) is 5.91 Å². The molecule has 2 fully saturated rings. The van der Waals surface area contributed by atoms with Crippen LogP contribution in [-0.2, 0) is 4.79 Å². The van der Waals surface area contributed by atoms with Crippen LogP contribution >= 0.6 is 0 Å². The van der Waals surface area contributed by atoms with Crippen LogP contribution in [0.2, 0.25) is 0 Å². The summed E-state index contributed by atoms with van der Waals surface area (Å²) in [6, 6.07) is 6.58. The van der Waals surface area contributed by atoms with Crippen molar-refractivity contribution in [3.63, 3.8) is 0 Å². The zero-order valence-corrected chi connectivity index (χ0v) is 15.3. The van der Waals surface area contributed by atoms with Crippen molar-refractivity contribution in [1.82, 2.24) is 9.80 Å². The molecule has 0 atom stereocenters. The quantitative estimate of drug-likeness (QED) is 0.860. The van der Waals surface area contributed by atoms with E-state index in [-0.39, 0.29) is 23.0 Å². The third-order valence-electron chi connectivity index (χ3n) is 5.93. The van der Waals surface area contributed by atoms with Crippen LogP contribution in [0.25, 0.3) is 0 Å². The minimum atomic E-state index is -0.180. The second-order valence-corrected chi connectivity index (χ2v) is 7.63. The number of carbonyl (C=O) groups excluding carboxylic acids is 2. The molecule has 0 unspecified atom stereocenters. The summed E-state index contributed by atoms with van der Waals surface area (Å²) >= 11 is 0. The Morgan fingerprint density at radius 3 is 2.23 bits per heavy atom. The second kappa shape index (κ2) is 8.08. The van der Waals surface area contributed by atoms with Gasteiger partial charge in [-0.1, -0.05) is 31.4 Å². The lowest BCUT2D eigenvalue weighted by molar-refractivity contribution is -0.135. The molecule has 3 N–H and O–H groups in total. The van der Waals surface area contributed by atoms with Crippen molar-refractivity contribution in [2.75, 3.05) is 32.7 Å². The number of piperazine rings is 1. The third kappa shape index (κ3) is 4.01. The zero-order chi connectivity index (χ0) is 18.6. The summed E-state index contributed by atoms with van der Waals surface area (Å²) in [5.41, 5.74) is 6.30. The van der Waals surface area contributed by atoms with E-state index in [9.17, 15) is 14.7 Å². The summed E-state index contributed by atoms with van der Waals surface area (Å²) in [5.74, 6) is -0.0221. The summed E-state index contributed by atoms with van der Waals surface area (Å²) in [6.07, 6.45) is 6.17. The summed E-state index contributed by atoms with van der Waals surface area (Å²) < 4.78 is 0. The van der Waals surface area contributed by atoms with Gasteiger partial charge < -0.3 is 20.6 Å². The van der Waals surface area contributed by atoms with E-state index in [1.54, 1.807) is 23.1 Å². The van der Waals surface area contributed by atoms with Gasteiger partial charge in [0.15, 0.2) is 0 Å². The van der Waals surface area contributed by atoms with Gasteiger partial charge in [-0.3, -0.25) is 9.59 Å². The number of aromatic hydroxyl groups is 1. The first-order valence-corrected chi connectivity index (χ1v) is 9.60. The van der Waals surface area contributed by atoms with Gasteiger partial charge in [0.25, 0.3) is 5.91 Å². The highest BCUT2D eigenvalue weighted by Crippen LogP contribution is 2.38. The Bertz CT molecular complexity index is 647. The molecule has 1 aliphatic carbocycles. The minimum absolute atomic E-state index is 0.00167. The number of para-hydroxylation sites is 1. The molecule has 2 aliphatic rings. The predicted molar refractivity (Wildman–Crippen MR) is 99.8 cm³/mol. The first-order valence-electron chi connectivity index (χ1n) is 9.60. The molecule has 1 aromatic rings. The number of hydrogen-bond acceptors (Lipinski definition) is 4. The molecule has 1 aliphatic heterocycles. The maximum Gasteiger partial charge on any atom is 0.257 e. The second-order valence-electron chi connectivity index (χ2n) is 7.63. The molecule has 0 radical (unpaired) electrons. The Morgan fingerprint density at radius 1 is 1.00 bits per heavy atom. The molecule has 2 amide bonds. The van der Waals surface area contributed by atoms with Crippen LogP contribution < -0.4 is 5.73 Å². The molecule has 1 saturated carbocycles. The highest BCUT2D eigenvalue weighted by Gasteiger charge is 2.35. The van der Waals surface area contributed by atoms with Crippen molar-refractivity contribution >= 4 is 11.8 Å². The van der Waals surface area contributed by atoms with Crippen molar-refractivity contribution in [2.45, 2.75) is 38.5 Å². The van der Waals surface area contributed by atoms with E-state index < -0.39 is 0 Å². The predicted octanol–water partition coefficient (Wildman–Crippen LogP) is 1.98. The number of phenolic OH excluding ortho intramolecular Hbond substituents is 1. The number of nitrogens with zero attached hydrogens (tertiary/aromatic N) is 2. The molecular weight excluding hydrogens is 330 g/mol.